The third-order valence-electron chi connectivity index (χ3n) is 1.24. The molecule has 3 nitrogen and oxygen atoms in total. The summed E-state index contributed by atoms with van der Waals surface area (Å²) in [5.41, 5.74) is 0. The lowest BCUT2D eigenvalue weighted by Gasteiger charge is -2.00. The maximum Gasteiger partial charge on any atom is 0.233 e. The molecule has 0 aromatic rings. The van der Waals surface area contributed by atoms with Gasteiger partial charge >= 0.3 is 0 Å². The molecule has 66 valence electrons. The molecule has 0 fully saturated rings. The second-order valence-corrected chi connectivity index (χ2v) is 5.51. The first-order chi connectivity index (χ1) is 4.83. The molecule has 0 aromatic carbocycles. The van der Waals surface area contributed by atoms with Crippen molar-refractivity contribution in [2.75, 3.05) is 5.75 Å². The Morgan fingerprint density at radius 1 is 1.45 bits per heavy atom. The normalized spacial score (nSPS) is 12.0. The molecule has 0 aliphatic carbocycles. The Morgan fingerprint density at radius 2 is 1.91 bits per heavy atom. The minimum atomic E-state index is -3.50. The minimum absolute atomic E-state index is 0.0174. The van der Waals surface area contributed by atoms with E-state index in [1.807, 2.05) is 0 Å². The van der Waals surface area contributed by atoms with E-state index in [9.17, 15) is 13.2 Å². The Bertz CT molecular complexity index is 230. The number of carbonyl (C=O) groups excluding carboxylic acids is 1. The molecule has 0 aromatic heterocycles. The number of hydrogen-bond acceptors (Lipinski definition) is 3. The summed E-state index contributed by atoms with van der Waals surface area (Å²) < 4.78 is 20.7. The molecule has 0 unspecified atom stereocenters. The lowest BCUT2D eigenvalue weighted by molar-refractivity contribution is -0.121. The van der Waals surface area contributed by atoms with Crippen molar-refractivity contribution in [3.05, 3.63) is 0 Å². The van der Waals surface area contributed by atoms with Gasteiger partial charge in [0.05, 0.1) is 5.75 Å². The Hall–Kier alpha value is -0.0900. The van der Waals surface area contributed by atoms with Gasteiger partial charge in [0.25, 0.3) is 0 Å². The lowest BCUT2D eigenvalue weighted by Crippen LogP contribution is -2.11. The molecule has 11 heavy (non-hydrogen) atoms. The molecule has 0 amide bonds. The predicted octanol–water partition coefficient (Wildman–Crippen LogP) is 1.17. The number of carbonyl (C=O) groups is 1. The fourth-order valence-corrected chi connectivity index (χ4v) is 1.19. The molecule has 0 saturated heterocycles. The van der Waals surface area contributed by atoms with Crippen LogP contribution in [-0.2, 0) is 13.8 Å². The molecular weight excluding hydrogens is 188 g/mol. The highest BCUT2D eigenvalue weighted by molar-refractivity contribution is 8.13. The van der Waals surface area contributed by atoms with Crippen LogP contribution < -0.4 is 0 Å². The summed E-state index contributed by atoms with van der Waals surface area (Å²) in [5, 5.41) is 0. The number of halogens is 1. The SMILES string of the molecule is CC(C)C(=O)CCS(=O)(=O)Cl. The van der Waals surface area contributed by atoms with Gasteiger partial charge in [-0.3, -0.25) is 4.79 Å². The first kappa shape index (κ1) is 10.9. The topological polar surface area (TPSA) is 51.2 Å². The van der Waals surface area contributed by atoms with Crippen LogP contribution in [0.4, 0.5) is 0 Å². The fraction of sp³-hybridized carbons (Fsp3) is 0.833. The van der Waals surface area contributed by atoms with Gasteiger partial charge in [-0.2, -0.15) is 0 Å². The Balaban J connectivity index is 3.83. The van der Waals surface area contributed by atoms with Gasteiger partial charge in [-0.15, -0.1) is 0 Å². The molecule has 5 heteroatoms. The van der Waals surface area contributed by atoms with Crippen LogP contribution in [0, 0.1) is 5.92 Å². The molecule has 0 aliphatic heterocycles. The van der Waals surface area contributed by atoms with Crippen molar-refractivity contribution in [1.82, 2.24) is 0 Å². The highest BCUT2D eigenvalue weighted by Gasteiger charge is 2.12. The van der Waals surface area contributed by atoms with E-state index >= 15 is 0 Å². The van der Waals surface area contributed by atoms with Crippen LogP contribution in [0.5, 0.6) is 0 Å². The van der Waals surface area contributed by atoms with E-state index in [2.05, 4.69) is 0 Å². The molecule has 0 bridgehead atoms. The molecule has 0 spiro atoms. The summed E-state index contributed by atoms with van der Waals surface area (Å²) in [6.45, 7) is 3.45. The van der Waals surface area contributed by atoms with Gasteiger partial charge in [-0.25, -0.2) is 8.42 Å². The molecule has 0 radical (unpaired) electrons. The van der Waals surface area contributed by atoms with E-state index < -0.39 is 9.05 Å². The second kappa shape index (κ2) is 4.07. The van der Waals surface area contributed by atoms with E-state index in [-0.39, 0.29) is 23.9 Å². The van der Waals surface area contributed by atoms with Crippen LogP contribution in [0.15, 0.2) is 0 Å². The fourth-order valence-electron chi connectivity index (χ4n) is 0.511. The van der Waals surface area contributed by atoms with Crippen molar-refractivity contribution < 1.29 is 13.2 Å². The molecule has 0 heterocycles. The predicted molar refractivity (Wildman–Crippen MR) is 44.1 cm³/mol. The van der Waals surface area contributed by atoms with Gasteiger partial charge in [0.2, 0.25) is 9.05 Å². The highest BCUT2D eigenvalue weighted by Crippen LogP contribution is 2.04. The standard InChI is InChI=1S/C6H11ClO3S/c1-5(2)6(8)3-4-11(7,9)10/h5H,3-4H2,1-2H3. The Kier molecular flexibility index (Phi) is 4.03. The third kappa shape index (κ3) is 6.31. The van der Waals surface area contributed by atoms with Gasteiger partial charge in [0.1, 0.15) is 5.78 Å². The van der Waals surface area contributed by atoms with Crippen LogP contribution in [0.2, 0.25) is 0 Å². The van der Waals surface area contributed by atoms with E-state index in [4.69, 9.17) is 10.7 Å². The van der Waals surface area contributed by atoms with E-state index in [1.54, 1.807) is 13.8 Å². The zero-order chi connectivity index (χ0) is 9.07. The van der Waals surface area contributed by atoms with Crippen LogP contribution in [0.25, 0.3) is 0 Å². The van der Waals surface area contributed by atoms with Gasteiger partial charge in [-0.05, 0) is 0 Å². The Labute approximate surface area is 71.2 Å². The van der Waals surface area contributed by atoms with Crippen molar-refractivity contribution in [2.45, 2.75) is 20.3 Å². The van der Waals surface area contributed by atoms with Crippen LogP contribution >= 0.6 is 10.7 Å². The molecule has 0 atom stereocenters. The quantitative estimate of drug-likeness (QED) is 0.638. The third-order valence-corrected chi connectivity index (χ3v) is 2.39. The molecular formula is C6H11ClO3S. The maximum atomic E-state index is 10.9. The first-order valence-corrected chi connectivity index (χ1v) is 5.76. The second-order valence-electron chi connectivity index (χ2n) is 2.61. The first-order valence-electron chi connectivity index (χ1n) is 3.28. The van der Waals surface area contributed by atoms with Crippen molar-refractivity contribution in [3.63, 3.8) is 0 Å². The molecule has 0 aliphatic rings. The van der Waals surface area contributed by atoms with Gasteiger partial charge in [0, 0.05) is 23.0 Å². The molecule has 0 saturated carbocycles. The van der Waals surface area contributed by atoms with Crippen molar-refractivity contribution in [3.8, 4) is 0 Å². The van der Waals surface area contributed by atoms with Crippen molar-refractivity contribution in [1.29, 1.82) is 0 Å². The van der Waals surface area contributed by atoms with Crippen LogP contribution in [-0.4, -0.2) is 20.0 Å². The van der Waals surface area contributed by atoms with Crippen molar-refractivity contribution in [2.24, 2.45) is 5.92 Å². The number of ketones is 1. The number of Topliss-reactive ketones (excluding diaryl/α,β-unsaturated/α-hetero) is 1. The van der Waals surface area contributed by atoms with Gasteiger partial charge in [-0.1, -0.05) is 13.8 Å². The zero-order valence-corrected chi connectivity index (χ0v) is 8.07. The number of rotatable bonds is 4. The smallest absolute Gasteiger partial charge is 0.233 e. The average molecular weight is 199 g/mol. The molecule has 0 N–H and O–H groups in total. The Morgan fingerprint density at radius 3 is 2.18 bits per heavy atom. The average Bonchev–Trinajstić information content (AvgIpc) is 1.80. The van der Waals surface area contributed by atoms with E-state index in [1.165, 1.54) is 0 Å². The van der Waals surface area contributed by atoms with Gasteiger partial charge in [0.15, 0.2) is 0 Å². The van der Waals surface area contributed by atoms with Crippen LogP contribution in [0.3, 0.4) is 0 Å². The van der Waals surface area contributed by atoms with Crippen LogP contribution in [0.1, 0.15) is 20.3 Å². The summed E-state index contributed by atoms with van der Waals surface area (Å²) in [6.07, 6.45) is 0.0174. The summed E-state index contributed by atoms with van der Waals surface area (Å²) >= 11 is 0. The van der Waals surface area contributed by atoms with E-state index in [0.717, 1.165) is 0 Å². The zero-order valence-electron chi connectivity index (χ0n) is 6.50. The maximum absolute atomic E-state index is 10.9. The van der Waals surface area contributed by atoms with Gasteiger partial charge < -0.3 is 0 Å². The lowest BCUT2D eigenvalue weighted by atomic mass is 10.1. The van der Waals surface area contributed by atoms with E-state index in [0.29, 0.717) is 0 Å². The molecule has 0 rings (SSSR count). The minimum Gasteiger partial charge on any atom is -0.299 e. The number of hydrogen-bond donors (Lipinski definition) is 0. The summed E-state index contributed by atoms with van der Waals surface area (Å²) in [7, 11) is 1.40. The highest BCUT2D eigenvalue weighted by atomic mass is 35.7. The summed E-state index contributed by atoms with van der Waals surface area (Å²) in [4.78, 5) is 10.9. The van der Waals surface area contributed by atoms with Crippen molar-refractivity contribution >= 4 is 25.5 Å². The summed E-state index contributed by atoms with van der Waals surface area (Å²) in [5.74, 6) is -0.450. The summed E-state index contributed by atoms with van der Waals surface area (Å²) in [6, 6.07) is 0. The monoisotopic (exact) mass is 198 g/mol. The largest absolute Gasteiger partial charge is 0.299 e.